The molecule has 1 amide bonds. The van der Waals surface area contributed by atoms with Crippen molar-refractivity contribution < 1.29 is 14.5 Å². The van der Waals surface area contributed by atoms with E-state index < -0.39 is 10.8 Å². The highest BCUT2D eigenvalue weighted by atomic mass is 35.5. The van der Waals surface area contributed by atoms with E-state index in [0.717, 1.165) is 0 Å². The number of benzene rings is 1. The second-order valence-corrected chi connectivity index (χ2v) is 3.85. The van der Waals surface area contributed by atoms with E-state index >= 15 is 0 Å². The van der Waals surface area contributed by atoms with Gasteiger partial charge in [0.2, 0.25) is 5.75 Å². The first-order chi connectivity index (χ1) is 8.47. The van der Waals surface area contributed by atoms with Gasteiger partial charge in [-0.3, -0.25) is 14.9 Å². The summed E-state index contributed by atoms with van der Waals surface area (Å²) in [4.78, 5) is 22.0. The summed E-state index contributed by atoms with van der Waals surface area (Å²) in [5, 5.41) is 13.5. The Balaban J connectivity index is 3.08. The van der Waals surface area contributed by atoms with Gasteiger partial charge in [0.15, 0.2) is 0 Å². The molecule has 0 aliphatic heterocycles. The van der Waals surface area contributed by atoms with E-state index in [2.05, 4.69) is 11.9 Å². The number of halogens is 1. The Kier molecular flexibility index (Phi) is 4.67. The van der Waals surface area contributed by atoms with Crippen LogP contribution in [0.4, 0.5) is 5.69 Å². The summed E-state index contributed by atoms with van der Waals surface area (Å²) in [6.45, 7) is 3.50. The molecule has 0 radical (unpaired) electrons. The minimum Gasteiger partial charge on any atom is -0.490 e. The lowest BCUT2D eigenvalue weighted by Crippen LogP contribution is -2.25. The van der Waals surface area contributed by atoms with Gasteiger partial charge in [0.05, 0.1) is 24.1 Å². The number of nitro groups is 1. The first kappa shape index (κ1) is 14.0. The molecule has 96 valence electrons. The molecule has 0 aromatic heterocycles. The largest absolute Gasteiger partial charge is 0.490 e. The zero-order valence-electron chi connectivity index (χ0n) is 9.60. The number of amides is 1. The van der Waals surface area contributed by atoms with Gasteiger partial charge in [0.1, 0.15) is 0 Å². The lowest BCUT2D eigenvalue weighted by Gasteiger charge is -2.08. The van der Waals surface area contributed by atoms with Crippen LogP contribution in [0, 0.1) is 10.1 Å². The fourth-order valence-electron chi connectivity index (χ4n) is 1.33. The third-order valence-corrected chi connectivity index (χ3v) is 2.21. The average molecular weight is 271 g/mol. The fraction of sp³-hybridized carbons (Fsp3) is 0.182. The van der Waals surface area contributed by atoms with E-state index in [1.54, 1.807) is 0 Å². The number of nitrogens with one attached hydrogen (secondary N) is 1. The van der Waals surface area contributed by atoms with Crippen LogP contribution in [0.15, 0.2) is 29.8 Å². The van der Waals surface area contributed by atoms with Crippen LogP contribution >= 0.6 is 11.6 Å². The average Bonchev–Trinajstić information content (AvgIpc) is 2.34. The van der Waals surface area contributed by atoms with E-state index in [9.17, 15) is 14.9 Å². The summed E-state index contributed by atoms with van der Waals surface area (Å²) in [6, 6.07) is 4.10. The quantitative estimate of drug-likeness (QED) is 0.656. The van der Waals surface area contributed by atoms with Crippen molar-refractivity contribution in [2.24, 2.45) is 0 Å². The molecule has 1 N–H and O–H groups in total. The lowest BCUT2D eigenvalue weighted by atomic mass is 10.1. The maximum atomic E-state index is 11.8. The predicted octanol–water partition coefficient (Wildman–Crippen LogP) is 2.09. The van der Waals surface area contributed by atoms with Gasteiger partial charge < -0.3 is 10.1 Å². The van der Waals surface area contributed by atoms with Crippen LogP contribution in [0.5, 0.6) is 5.75 Å². The fourth-order valence-corrected chi connectivity index (χ4v) is 1.40. The molecule has 1 aromatic rings. The SMILES string of the molecule is C=C(Cl)CNC(=O)c1cccc([N+](=O)[O-])c1OC. The molecule has 7 heteroatoms. The summed E-state index contributed by atoms with van der Waals surface area (Å²) in [5.41, 5.74) is -0.195. The minimum atomic E-state index is -0.615. The van der Waals surface area contributed by atoms with E-state index in [1.165, 1.54) is 25.3 Å². The number of methoxy groups -OCH3 is 1. The number of nitrogens with zero attached hydrogens (tertiary/aromatic N) is 1. The number of ether oxygens (including phenoxy) is 1. The third-order valence-electron chi connectivity index (χ3n) is 2.08. The summed E-state index contributed by atoms with van der Waals surface area (Å²) >= 11 is 5.52. The number of hydrogen-bond donors (Lipinski definition) is 1. The number of carbonyl (C=O) groups excluding carboxylic acids is 1. The van der Waals surface area contributed by atoms with Gasteiger partial charge in [-0.1, -0.05) is 24.2 Å². The van der Waals surface area contributed by atoms with Gasteiger partial charge >= 0.3 is 5.69 Å². The Morgan fingerprint density at radius 2 is 2.28 bits per heavy atom. The number of carbonyl (C=O) groups is 1. The van der Waals surface area contributed by atoms with Crippen LogP contribution in [0.2, 0.25) is 0 Å². The molecule has 0 saturated heterocycles. The minimum absolute atomic E-state index is 0.0737. The zero-order valence-corrected chi connectivity index (χ0v) is 10.4. The molecule has 0 saturated carbocycles. The Hall–Kier alpha value is -2.08. The van der Waals surface area contributed by atoms with Crippen LogP contribution in [-0.4, -0.2) is 24.5 Å². The van der Waals surface area contributed by atoms with Crippen LogP contribution in [0.3, 0.4) is 0 Å². The van der Waals surface area contributed by atoms with Gasteiger partial charge in [-0.05, 0) is 6.07 Å². The van der Waals surface area contributed by atoms with Crippen LogP contribution < -0.4 is 10.1 Å². The third kappa shape index (κ3) is 3.21. The lowest BCUT2D eigenvalue weighted by molar-refractivity contribution is -0.385. The first-order valence-electron chi connectivity index (χ1n) is 4.90. The molecule has 0 aliphatic rings. The monoisotopic (exact) mass is 270 g/mol. The molecule has 0 unspecified atom stereocenters. The van der Waals surface area contributed by atoms with Gasteiger partial charge in [0.25, 0.3) is 5.91 Å². The number of rotatable bonds is 5. The summed E-state index contributed by atoms with van der Waals surface area (Å²) in [7, 11) is 1.26. The van der Waals surface area contributed by atoms with Crippen molar-refractivity contribution in [3.05, 3.63) is 45.5 Å². The standard InChI is InChI=1S/C11H11ClN2O4/c1-7(12)6-13-11(15)8-4-3-5-9(14(16)17)10(8)18-2/h3-5H,1,6H2,2H3,(H,13,15). The topological polar surface area (TPSA) is 81.5 Å². The van der Waals surface area contributed by atoms with E-state index in [1.807, 2.05) is 0 Å². The molecule has 18 heavy (non-hydrogen) atoms. The second kappa shape index (κ2) is 6.02. The maximum Gasteiger partial charge on any atom is 0.311 e. The molecule has 1 rings (SSSR count). The molecule has 0 fully saturated rings. The van der Waals surface area contributed by atoms with Gasteiger partial charge in [-0.25, -0.2) is 0 Å². The molecule has 6 nitrogen and oxygen atoms in total. The van der Waals surface area contributed by atoms with Gasteiger partial charge in [-0.2, -0.15) is 0 Å². The Morgan fingerprint density at radius 3 is 2.78 bits per heavy atom. The van der Waals surface area contributed by atoms with E-state index in [-0.39, 0.29) is 28.6 Å². The highest BCUT2D eigenvalue weighted by Crippen LogP contribution is 2.30. The predicted molar refractivity (Wildman–Crippen MR) is 67.0 cm³/mol. The molecule has 0 heterocycles. The Labute approximate surface area is 108 Å². The number of nitro benzene ring substituents is 1. The van der Waals surface area contributed by atoms with Crippen molar-refractivity contribution in [3.8, 4) is 5.75 Å². The Bertz CT molecular complexity index is 502. The van der Waals surface area contributed by atoms with Gasteiger partial charge in [-0.15, -0.1) is 0 Å². The highest BCUT2D eigenvalue weighted by molar-refractivity contribution is 6.29. The highest BCUT2D eigenvalue weighted by Gasteiger charge is 2.22. The van der Waals surface area contributed by atoms with Crippen LogP contribution in [0.1, 0.15) is 10.4 Å². The Morgan fingerprint density at radius 1 is 1.61 bits per heavy atom. The number of para-hydroxylation sites is 1. The van der Waals surface area contributed by atoms with Crippen molar-refractivity contribution in [1.29, 1.82) is 0 Å². The van der Waals surface area contributed by atoms with E-state index in [0.29, 0.717) is 0 Å². The molecule has 0 spiro atoms. The number of hydrogen-bond acceptors (Lipinski definition) is 4. The van der Waals surface area contributed by atoms with Crippen molar-refractivity contribution in [1.82, 2.24) is 5.32 Å². The molecular formula is C11H11ClN2O4. The van der Waals surface area contributed by atoms with Crippen molar-refractivity contribution >= 4 is 23.2 Å². The van der Waals surface area contributed by atoms with Crippen LogP contribution in [0.25, 0.3) is 0 Å². The summed E-state index contributed by atoms with van der Waals surface area (Å²) in [6.07, 6.45) is 0. The van der Waals surface area contributed by atoms with Gasteiger partial charge in [0, 0.05) is 11.1 Å². The van der Waals surface area contributed by atoms with Crippen molar-refractivity contribution in [3.63, 3.8) is 0 Å². The molecular weight excluding hydrogens is 260 g/mol. The van der Waals surface area contributed by atoms with E-state index in [4.69, 9.17) is 16.3 Å². The maximum absolute atomic E-state index is 11.8. The zero-order chi connectivity index (χ0) is 13.7. The second-order valence-electron chi connectivity index (χ2n) is 3.31. The van der Waals surface area contributed by atoms with Crippen molar-refractivity contribution in [2.45, 2.75) is 0 Å². The molecule has 1 aromatic carbocycles. The molecule has 0 aliphatic carbocycles. The smallest absolute Gasteiger partial charge is 0.311 e. The summed E-state index contributed by atoms with van der Waals surface area (Å²) in [5.74, 6) is -0.600. The normalized spacial score (nSPS) is 9.67. The van der Waals surface area contributed by atoms with Crippen molar-refractivity contribution in [2.75, 3.05) is 13.7 Å². The molecule has 0 atom stereocenters. The molecule has 0 bridgehead atoms. The first-order valence-corrected chi connectivity index (χ1v) is 5.28. The van der Waals surface area contributed by atoms with Crippen LogP contribution in [-0.2, 0) is 0 Å². The summed E-state index contributed by atoms with van der Waals surface area (Å²) < 4.78 is 4.91.